The summed E-state index contributed by atoms with van der Waals surface area (Å²) in [4.78, 5) is 9.28. The Morgan fingerprint density at radius 2 is 2.20 bits per heavy atom. The Morgan fingerprint density at radius 3 is 2.85 bits per heavy atom. The summed E-state index contributed by atoms with van der Waals surface area (Å²) < 4.78 is 0. The van der Waals surface area contributed by atoms with Crippen LogP contribution in [0.2, 0.25) is 0 Å². The molecule has 1 aliphatic rings. The van der Waals surface area contributed by atoms with Crippen molar-refractivity contribution in [3.8, 4) is 0 Å². The first-order valence-electron chi connectivity index (χ1n) is 7.66. The van der Waals surface area contributed by atoms with Gasteiger partial charge in [-0.25, -0.2) is 0 Å². The number of β-amino-alcohol motifs (C(OH)–C–C–N with tert-alkyl or cyclic N) is 1. The summed E-state index contributed by atoms with van der Waals surface area (Å²) in [6.45, 7) is 4.78. The van der Waals surface area contributed by atoms with Crippen molar-refractivity contribution in [2.24, 2.45) is 0 Å². The Morgan fingerprint density at radius 1 is 1.40 bits per heavy atom. The van der Waals surface area contributed by atoms with E-state index in [2.05, 4.69) is 43.0 Å². The van der Waals surface area contributed by atoms with Crippen LogP contribution in [0.3, 0.4) is 0 Å². The van der Waals surface area contributed by atoms with Crippen molar-refractivity contribution in [1.82, 2.24) is 9.88 Å². The molecule has 0 saturated carbocycles. The molecule has 1 atom stereocenters. The number of aliphatic hydroxyl groups excluding tert-OH is 1. The van der Waals surface area contributed by atoms with Crippen LogP contribution in [0.25, 0.3) is 0 Å². The molecule has 0 spiro atoms. The Bertz CT molecular complexity index is 434. The maximum absolute atomic E-state index is 9.88. The molecule has 4 heteroatoms. The van der Waals surface area contributed by atoms with Crippen LogP contribution in [0, 0.1) is 0 Å². The molecule has 1 aromatic heterocycles. The van der Waals surface area contributed by atoms with Crippen LogP contribution in [-0.4, -0.2) is 48.3 Å². The second-order valence-corrected chi connectivity index (χ2v) is 6.00. The summed E-state index contributed by atoms with van der Waals surface area (Å²) in [6.07, 6.45) is 3.92. The van der Waals surface area contributed by atoms with Crippen LogP contribution in [-0.2, 0) is 13.0 Å². The first kappa shape index (κ1) is 15.3. The number of hydrogen-bond donors (Lipinski definition) is 1. The van der Waals surface area contributed by atoms with E-state index in [0.29, 0.717) is 0 Å². The average molecular weight is 277 g/mol. The predicted molar refractivity (Wildman–Crippen MR) is 83.1 cm³/mol. The Hall–Kier alpha value is -1.13. The summed E-state index contributed by atoms with van der Waals surface area (Å²) in [6, 6.07) is 4.33. The van der Waals surface area contributed by atoms with Crippen molar-refractivity contribution in [3.63, 3.8) is 0 Å². The minimum Gasteiger partial charge on any atom is -0.391 e. The highest BCUT2D eigenvalue weighted by atomic mass is 16.3. The molecule has 0 aromatic carbocycles. The van der Waals surface area contributed by atoms with Crippen LogP contribution in [0.1, 0.15) is 37.6 Å². The number of hydrogen-bond acceptors (Lipinski definition) is 4. The Labute approximate surface area is 122 Å². The van der Waals surface area contributed by atoms with Crippen molar-refractivity contribution in [2.75, 3.05) is 32.1 Å². The van der Waals surface area contributed by atoms with Gasteiger partial charge in [0.05, 0.1) is 17.5 Å². The summed E-state index contributed by atoms with van der Waals surface area (Å²) >= 11 is 0. The van der Waals surface area contributed by atoms with Gasteiger partial charge in [-0.1, -0.05) is 13.3 Å². The van der Waals surface area contributed by atoms with Gasteiger partial charge in [0.1, 0.15) is 0 Å². The lowest BCUT2D eigenvalue weighted by atomic mass is 10.1. The predicted octanol–water partition coefficient (Wildman–Crippen LogP) is 2.06. The first-order valence-corrected chi connectivity index (χ1v) is 7.66. The molecule has 0 bridgehead atoms. The highest BCUT2D eigenvalue weighted by molar-refractivity contribution is 5.51. The van der Waals surface area contributed by atoms with E-state index in [1.165, 1.54) is 11.4 Å². The lowest BCUT2D eigenvalue weighted by Gasteiger charge is -2.33. The molecule has 1 aromatic rings. The summed E-state index contributed by atoms with van der Waals surface area (Å²) in [5, 5.41) is 9.88. The molecule has 1 aliphatic heterocycles. The molecule has 0 amide bonds. The third-order valence-corrected chi connectivity index (χ3v) is 3.72. The molecule has 2 rings (SSSR count). The molecule has 112 valence electrons. The van der Waals surface area contributed by atoms with E-state index in [-0.39, 0.29) is 6.10 Å². The van der Waals surface area contributed by atoms with E-state index < -0.39 is 0 Å². The standard InChI is InChI=1S/C16H27N3O/c1-4-6-13-8-9-16(15(17-13)12-18(2)3)19-10-5-7-14(20)11-19/h8-9,14,20H,4-7,10-12H2,1-3H3. The molecule has 1 fully saturated rings. The molecule has 1 saturated heterocycles. The first-order chi connectivity index (χ1) is 9.60. The molecular weight excluding hydrogens is 250 g/mol. The second-order valence-electron chi connectivity index (χ2n) is 6.00. The van der Waals surface area contributed by atoms with E-state index in [1.807, 2.05) is 0 Å². The zero-order valence-corrected chi connectivity index (χ0v) is 13.0. The summed E-state index contributed by atoms with van der Waals surface area (Å²) in [5.41, 5.74) is 3.50. The van der Waals surface area contributed by atoms with Crippen molar-refractivity contribution < 1.29 is 5.11 Å². The molecule has 0 aliphatic carbocycles. The number of pyridine rings is 1. The van der Waals surface area contributed by atoms with Crippen LogP contribution in [0.5, 0.6) is 0 Å². The third-order valence-electron chi connectivity index (χ3n) is 3.72. The SMILES string of the molecule is CCCc1ccc(N2CCCC(O)C2)c(CN(C)C)n1. The lowest BCUT2D eigenvalue weighted by molar-refractivity contribution is 0.154. The van der Waals surface area contributed by atoms with Gasteiger partial charge in [-0.05, 0) is 45.5 Å². The molecule has 1 N–H and O–H groups in total. The summed E-state index contributed by atoms with van der Waals surface area (Å²) in [7, 11) is 4.14. The minimum absolute atomic E-state index is 0.203. The molecule has 1 unspecified atom stereocenters. The number of aryl methyl sites for hydroxylation is 1. The van der Waals surface area contributed by atoms with Crippen molar-refractivity contribution in [3.05, 3.63) is 23.5 Å². The molecule has 20 heavy (non-hydrogen) atoms. The monoisotopic (exact) mass is 277 g/mol. The van der Waals surface area contributed by atoms with E-state index in [0.717, 1.165) is 51.0 Å². The van der Waals surface area contributed by atoms with E-state index in [4.69, 9.17) is 4.98 Å². The number of anilines is 1. The van der Waals surface area contributed by atoms with Gasteiger partial charge in [0, 0.05) is 25.3 Å². The molecule has 0 radical (unpaired) electrons. The summed E-state index contributed by atoms with van der Waals surface area (Å²) in [5.74, 6) is 0. The van der Waals surface area contributed by atoms with Crippen molar-refractivity contribution in [2.45, 2.75) is 45.3 Å². The average Bonchev–Trinajstić information content (AvgIpc) is 2.38. The van der Waals surface area contributed by atoms with Gasteiger partial charge < -0.3 is 14.9 Å². The number of nitrogens with zero attached hydrogens (tertiary/aromatic N) is 3. The quantitative estimate of drug-likeness (QED) is 0.894. The van der Waals surface area contributed by atoms with Gasteiger partial charge in [-0.15, -0.1) is 0 Å². The van der Waals surface area contributed by atoms with Gasteiger partial charge >= 0.3 is 0 Å². The Kier molecular flexibility index (Phi) is 5.38. The van der Waals surface area contributed by atoms with Crippen molar-refractivity contribution >= 4 is 5.69 Å². The number of rotatable bonds is 5. The number of piperidine rings is 1. The largest absolute Gasteiger partial charge is 0.391 e. The fourth-order valence-corrected chi connectivity index (χ4v) is 2.81. The maximum Gasteiger partial charge on any atom is 0.0779 e. The lowest BCUT2D eigenvalue weighted by Crippen LogP contribution is -2.39. The van der Waals surface area contributed by atoms with E-state index >= 15 is 0 Å². The minimum atomic E-state index is -0.203. The van der Waals surface area contributed by atoms with Gasteiger partial charge in [-0.3, -0.25) is 4.98 Å². The van der Waals surface area contributed by atoms with Gasteiger partial charge in [-0.2, -0.15) is 0 Å². The van der Waals surface area contributed by atoms with Crippen molar-refractivity contribution in [1.29, 1.82) is 0 Å². The number of aromatic nitrogens is 1. The highest BCUT2D eigenvalue weighted by Crippen LogP contribution is 2.24. The zero-order valence-electron chi connectivity index (χ0n) is 13.0. The van der Waals surface area contributed by atoms with Crippen LogP contribution < -0.4 is 4.90 Å². The highest BCUT2D eigenvalue weighted by Gasteiger charge is 2.21. The van der Waals surface area contributed by atoms with Gasteiger partial charge in [0.15, 0.2) is 0 Å². The third kappa shape index (κ3) is 3.93. The maximum atomic E-state index is 9.88. The van der Waals surface area contributed by atoms with E-state index in [1.54, 1.807) is 0 Å². The topological polar surface area (TPSA) is 39.6 Å². The van der Waals surface area contributed by atoms with E-state index in [9.17, 15) is 5.11 Å². The second kappa shape index (κ2) is 7.04. The van der Waals surface area contributed by atoms with Crippen LogP contribution in [0.15, 0.2) is 12.1 Å². The normalized spacial score (nSPS) is 19.6. The smallest absolute Gasteiger partial charge is 0.0779 e. The molecule has 4 nitrogen and oxygen atoms in total. The van der Waals surface area contributed by atoms with Gasteiger partial charge in [0.25, 0.3) is 0 Å². The molecular formula is C16H27N3O. The Balaban J connectivity index is 2.25. The van der Waals surface area contributed by atoms with Crippen LogP contribution in [0.4, 0.5) is 5.69 Å². The fourth-order valence-electron chi connectivity index (χ4n) is 2.81. The zero-order chi connectivity index (χ0) is 14.5. The van der Waals surface area contributed by atoms with Crippen LogP contribution >= 0.6 is 0 Å². The van der Waals surface area contributed by atoms with Gasteiger partial charge in [0.2, 0.25) is 0 Å². The number of aliphatic hydroxyl groups is 1. The fraction of sp³-hybridized carbons (Fsp3) is 0.688. The molecule has 2 heterocycles.